The van der Waals surface area contributed by atoms with Gasteiger partial charge in [-0.1, -0.05) is 56.1 Å². The molecule has 1 atom stereocenters. The lowest BCUT2D eigenvalue weighted by Gasteiger charge is -2.15. The van der Waals surface area contributed by atoms with Crippen molar-refractivity contribution in [2.24, 2.45) is 5.41 Å². The lowest BCUT2D eigenvalue weighted by atomic mass is 9.95. The highest BCUT2D eigenvalue weighted by molar-refractivity contribution is 7.20. The molecule has 3 nitrogen and oxygen atoms in total. The first-order valence-electron chi connectivity index (χ1n) is 5.32. The Kier molecular flexibility index (Phi) is 5.08. The van der Waals surface area contributed by atoms with E-state index in [9.17, 15) is 4.79 Å². The topological polar surface area (TPSA) is 49.3 Å². The molecule has 0 aliphatic carbocycles. The van der Waals surface area contributed by atoms with E-state index in [4.69, 9.17) is 28.3 Å². The summed E-state index contributed by atoms with van der Waals surface area (Å²) in [7, 11) is 0. The van der Waals surface area contributed by atoms with Crippen LogP contribution in [0.4, 0.5) is 5.00 Å². The fraction of sp³-hybridized carbons (Fsp3) is 0.417. The van der Waals surface area contributed by atoms with Crippen LogP contribution in [0, 0.1) is 5.41 Å². The molecule has 0 radical (unpaired) electrons. The molecule has 0 saturated heterocycles. The average molecular weight is 308 g/mol. The number of nitrogens with one attached hydrogen (secondary N) is 1. The maximum Gasteiger partial charge on any atom is 0.330 e. The lowest BCUT2D eigenvalue weighted by molar-refractivity contribution is -0.136. The van der Waals surface area contributed by atoms with Crippen LogP contribution in [0.3, 0.4) is 0 Å². The number of carbonyl (C=O) groups is 1. The molecule has 1 aromatic heterocycles. The molecule has 0 amide bonds. The number of halogens is 2. The molecule has 0 bridgehead atoms. The Hall–Kier alpha value is -0.710. The number of hydrogen-bond acceptors (Lipinski definition) is 3. The summed E-state index contributed by atoms with van der Waals surface area (Å²) in [6.07, 6.45) is 3.49. The third-order valence-electron chi connectivity index (χ3n) is 2.00. The molecule has 0 aliphatic rings. The van der Waals surface area contributed by atoms with Crippen LogP contribution in [0.1, 0.15) is 20.8 Å². The summed E-state index contributed by atoms with van der Waals surface area (Å²) in [5.41, 5.74) is -0.0693. The molecule has 2 N–H and O–H groups in total. The smallest absolute Gasteiger partial charge is 0.330 e. The van der Waals surface area contributed by atoms with Gasteiger partial charge in [0.1, 0.15) is 10.4 Å². The minimum atomic E-state index is -0.948. The summed E-state index contributed by atoms with van der Waals surface area (Å²) in [4.78, 5) is 11.1. The number of aliphatic carboxylic acids is 1. The zero-order chi connectivity index (χ0) is 13.9. The van der Waals surface area contributed by atoms with Crippen molar-refractivity contribution in [3.63, 3.8) is 0 Å². The summed E-state index contributed by atoms with van der Waals surface area (Å²) >= 11 is 12.9. The largest absolute Gasteiger partial charge is 0.479 e. The van der Waals surface area contributed by atoms with E-state index in [2.05, 4.69) is 5.32 Å². The van der Waals surface area contributed by atoms with Gasteiger partial charge < -0.3 is 10.4 Å². The van der Waals surface area contributed by atoms with Crippen LogP contribution in [0.5, 0.6) is 0 Å². The van der Waals surface area contributed by atoms with Crippen molar-refractivity contribution in [2.75, 3.05) is 5.32 Å². The monoisotopic (exact) mass is 307 g/mol. The number of carboxylic acid groups (broad SMARTS) is 1. The Bertz CT molecular complexity index is 444. The van der Waals surface area contributed by atoms with Crippen LogP contribution in [0.15, 0.2) is 18.2 Å². The van der Waals surface area contributed by atoms with Crippen LogP contribution in [-0.4, -0.2) is 17.1 Å². The van der Waals surface area contributed by atoms with Crippen LogP contribution < -0.4 is 5.32 Å². The molecule has 0 aromatic carbocycles. The van der Waals surface area contributed by atoms with Gasteiger partial charge in [0.2, 0.25) is 0 Å². The number of carboxylic acids is 1. The van der Waals surface area contributed by atoms with E-state index < -0.39 is 12.0 Å². The number of rotatable bonds is 4. The first-order valence-corrected chi connectivity index (χ1v) is 6.90. The highest BCUT2D eigenvalue weighted by atomic mass is 35.5. The lowest BCUT2D eigenvalue weighted by Crippen LogP contribution is -2.27. The van der Waals surface area contributed by atoms with Crippen molar-refractivity contribution in [1.82, 2.24) is 0 Å². The maximum absolute atomic E-state index is 11.1. The van der Waals surface area contributed by atoms with Crippen molar-refractivity contribution in [3.05, 3.63) is 27.6 Å². The minimum Gasteiger partial charge on any atom is -0.479 e. The molecular weight excluding hydrogens is 293 g/mol. The number of allylic oxidation sites excluding steroid dienone is 1. The van der Waals surface area contributed by atoms with Crippen molar-refractivity contribution < 1.29 is 9.90 Å². The predicted molar refractivity (Wildman–Crippen MR) is 78.0 cm³/mol. The van der Waals surface area contributed by atoms with Gasteiger partial charge in [0.25, 0.3) is 0 Å². The Balaban J connectivity index is 2.81. The molecule has 1 rings (SSSR count). The van der Waals surface area contributed by atoms with E-state index in [1.165, 1.54) is 11.3 Å². The summed E-state index contributed by atoms with van der Waals surface area (Å²) in [5.74, 6) is -0.948. The second kappa shape index (κ2) is 5.95. The van der Waals surface area contributed by atoms with Crippen molar-refractivity contribution in [1.29, 1.82) is 0 Å². The van der Waals surface area contributed by atoms with E-state index >= 15 is 0 Å². The molecule has 6 heteroatoms. The van der Waals surface area contributed by atoms with Crippen LogP contribution >= 0.6 is 34.5 Å². The molecule has 0 spiro atoms. The fourth-order valence-corrected chi connectivity index (χ4v) is 2.45. The van der Waals surface area contributed by atoms with Crippen LogP contribution in [-0.2, 0) is 4.79 Å². The van der Waals surface area contributed by atoms with Gasteiger partial charge in [-0.15, -0.1) is 11.3 Å². The standard InChI is InChI=1S/C12H15Cl2NO2S/c1-12(2,3)5-4-8(11(16)17)15-9-6-7(13)10(14)18-9/h4-6,8,15H,1-3H3,(H,16,17)/b5-4+. The average Bonchev–Trinajstić information content (AvgIpc) is 2.51. The van der Waals surface area contributed by atoms with Gasteiger partial charge >= 0.3 is 5.97 Å². The number of hydrogen-bond donors (Lipinski definition) is 2. The van der Waals surface area contributed by atoms with E-state index in [1.54, 1.807) is 12.1 Å². The van der Waals surface area contributed by atoms with Gasteiger partial charge in [-0.05, 0) is 11.5 Å². The van der Waals surface area contributed by atoms with Gasteiger partial charge in [0.05, 0.1) is 10.0 Å². The maximum atomic E-state index is 11.1. The molecule has 1 aromatic rings. The van der Waals surface area contributed by atoms with Gasteiger partial charge in [-0.2, -0.15) is 0 Å². The molecule has 1 heterocycles. The molecular formula is C12H15Cl2NO2S. The van der Waals surface area contributed by atoms with Gasteiger partial charge in [-0.25, -0.2) is 4.79 Å². The first kappa shape index (κ1) is 15.3. The summed E-state index contributed by atoms with van der Waals surface area (Å²) in [6.45, 7) is 6.00. The molecule has 100 valence electrons. The van der Waals surface area contributed by atoms with Gasteiger partial charge in [-0.3, -0.25) is 0 Å². The quantitative estimate of drug-likeness (QED) is 0.804. The molecule has 0 aliphatic heterocycles. The zero-order valence-electron chi connectivity index (χ0n) is 10.3. The number of thiophene rings is 1. The third kappa shape index (κ3) is 4.88. The highest BCUT2D eigenvalue weighted by Gasteiger charge is 2.17. The molecule has 18 heavy (non-hydrogen) atoms. The zero-order valence-corrected chi connectivity index (χ0v) is 12.7. The summed E-state index contributed by atoms with van der Waals surface area (Å²) in [5, 5.41) is 13.1. The van der Waals surface area contributed by atoms with Crippen LogP contribution in [0.2, 0.25) is 9.36 Å². The molecule has 0 saturated carbocycles. The predicted octanol–water partition coefficient (Wildman–Crippen LogP) is 4.52. The Morgan fingerprint density at radius 2 is 2.11 bits per heavy atom. The second-order valence-electron chi connectivity index (χ2n) is 4.92. The second-order valence-corrected chi connectivity index (χ2v) is 6.98. The molecule has 0 fully saturated rings. The Labute approximate surface area is 120 Å². The third-order valence-corrected chi connectivity index (χ3v) is 3.79. The minimum absolute atomic E-state index is 0.0693. The Morgan fingerprint density at radius 1 is 1.50 bits per heavy atom. The van der Waals surface area contributed by atoms with Crippen molar-refractivity contribution >= 4 is 45.5 Å². The van der Waals surface area contributed by atoms with E-state index in [1.807, 2.05) is 26.8 Å². The SMILES string of the molecule is CC(C)(C)/C=C/C(Nc1cc(Cl)c(Cl)s1)C(=O)O. The highest BCUT2D eigenvalue weighted by Crippen LogP contribution is 2.35. The summed E-state index contributed by atoms with van der Waals surface area (Å²) in [6, 6.07) is 0.824. The number of anilines is 1. The van der Waals surface area contributed by atoms with E-state index in [-0.39, 0.29) is 5.41 Å². The normalized spacial score (nSPS) is 13.8. The van der Waals surface area contributed by atoms with Crippen molar-refractivity contribution in [3.8, 4) is 0 Å². The van der Waals surface area contributed by atoms with Gasteiger partial charge in [0, 0.05) is 0 Å². The van der Waals surface area contributed by atoms with E-state index in [0.29, 0.717) is 14.4 Å². The fourth-order valence-electron chi connectivity index (χ4n) is 1.15. The Morgan fingerprint density at radius 3 is 2.50 bits per heavy atom. The van der Waals surface area contributed by atoms with Crippen molar-refractivity contribution in [2.45, 2.75) is 26.8 Å². The van der Waals surface area contributed by atoms with Crippen LogP contribution in [0.25, 0.3) is 0 Å². The first-order chi connectivity index (χ1) is 8.19. The van der Waals surface area contributed by atoms with E-state index in [0.717, 1.165) is 0 Å². The molecule has 1 unspecified atom stereocenters. The summed E-state index contributed by atoms with van der Waals surface area (Å²) < 4.78 is 0.447. The van der Waals surface area contributed by atoms with Gasteiger partial charge in [0.15, 0.2) is 0 Å².